The van der Waals surface area contributed by atoms with Crippen LogP contribution >= 0.6 is 7.82 Å². The van der Waals surface area contributed by atoms with Crippen LogP contribution in [-0.4, -0.2) is 68.5 Å². The Morgan fingerprint density at radius 2 is 0.681 bits per heavy atom. The van der Waals surface area contributed by atoms with Crippen LogP contribution in [-0.2, 0) is 18.4 Å². The van der Waals surface area contributed by atoms with Crippen LogP contribution in [0.3, 0.4) is 0 Å². The first-order valence-corrected chi connectivity index (χ1v) is 40.6. The number of allylic oxidation sites excluding steroid dienone is 15. The third kappa shape index (κ3) is 74.7. The van der Waals surface area contributed by atoms with E-state index in [2.05, 4.69) is 104 Å². The number of aliphatic hydroxyl groups excluding tert-OH is 1. The van der Waals surface area contributed by atoms with Gasteiger partial charge in [-0.1, -0.05) is 368 Å². The number of rotatable bonds is 72. The summed E-state index contributed by atoms with van der Waals surface area (Å²) in [6, 6.07) is -0.915. The van der Waals surface area contributed by atoms with Crippen LogP contribution in [0.1, 0.15) is 367 Å². The van der Waals surface area contributed by atoms with Crippen LogP contribution in [0, 0.1) is 0 Å². The molecule has 0 aromatic rings. The molecular weight excluding hydrogens is 1140 g/mol. The van der Waals surface area contributed by atoms with E-state index in [0.29, 0.717) is 17.4 Å². The van der Waals surface area contributed by atoms with E-state index in [0.717, 1.165) is 77.0 Å². The number of nitrogens with zero attached hydrogens (tertiary/aromatic N) is 1. The lowest BCUT2D eigenvalue weighted by molar-refractivity contribution is -0.870. The molecule has 0 radical (unpaired) electrons. The highest BCUT2D eigenvalue weighted by Gasteiger charge is 2.23. The summed E-state index contributed by atoms with van der Waals surface area (Å²) < 4.78 is 23.5. The zero-order valence-electron chi connectivity index (χ0n) is 60.8. The molecule has 3 atom stereocenters. The fourth-order valence-electron chi connectivity index (χ4n) is 11.5. The second kappa shape index (κ2) is 71.7. The average Bonchev–Trinajstić information content (AvgIpc) is 3.42. The number of aliphatic hydroxyl groups is 1. The molecule has 0 rings (SSSR count). The summed E-state index contributed by atoms with van der Waals surface area (Å²) in [5.41, 5.74) is 0. The topological polar surface area (TPSA) is 108 Å². The Kier molecular flexibility index (Phi) is 69.7. The van der Waals surface area contributed by atoms with Gasteiger partial charge in [-0.15, -0.1) is 0 Å². The van der Waals surface area contributed by atoms with Crippen LogP contribution in [0.4, 0.5) is 0 Å². The first-order valence-electron chi connectivity index (χ1n) is 39.1. The predicted octanol–water partition coefficient (Wildman–Crippen LogP) is 25.0. The first-order chi connectivity index (χ1) is 44.5. The molecular formula is C82H151N2O6P. The summed E-state index contributed by atoms with van der Waals surface area (Å²) in [6.07, 6.45) is 104. The Bertz CT molecular complexity index is 1810. The number of amides is 1. The normalized spacial score (nSPS) is 14.1. The van der Waals surface area contributed by atoms with E-state index >= 15 is 0 Å². The number of phosphoric ester groups is 1. The number of phosphoric acid groups is 1. The molecule has 0 aliphatic heterocycles. The molecule has 0 aliphatic rings. The minimum Gasteiger partial charge on any atom is -0.756 e. The van der Waals surface area contributed by atoms with Gasteiger partial charge in [-0.2, -0.15) is 0 Å². The second-order valence-electron chi connectivity index (χ2n) is 27.7. The monoisotopic (exact) mass is 1290 g/mol. The van der Waals surface area contributed by atoms with Crippen LogP contribution in [0.5, 0.6) is 0 Å². The smallest absolute Gasteiger partial charge is 0.268 e. The van der Waals surface area contributed by atoms with Gasteiger partial charge in [0.05, 0.1) is 39.9 Å². The molecule has 0 aliphatic carbocycles. The molecule has 0 aromatic heterocycles. The van der Waals surface area contributed by atoms with Crippen LogP contribution < -0.4 is 10.2 Å². The molecule has 0 heterocycles. The minimum atomic E-state index is -4.62. The van der Waals surface area contributed by atoms with Gasteiger partial charge in [-0.3, -0.25) is 9.36 Å². The lowest BCUT2D eigenvalue weighted by Gasteiger charge is -2.29. The number of unbranched alkanes of at least 4 members (excludes halogenated alkanes) is 45. The van der Waals surface area contributed by atoms with Gasteiger partial charge < -0.3 is 28.8 Å². The number of carbonyl (C=O) groups excluding carboxylic acids is 1. The lowest BCUT2D eigenvalue weighted by Crippen LogP contribution is -2.45. The van der Waals surface area contributed by atoms with Crippen molar-refractivity contribution in [2.75, 3.05) is 40.9 Å². The zero-order chi connectivity index (χ0) is 66.2. The molecule has 3 unspecified atom stereocenters. The maximum Gasteiger partial charge on any atom is 0.268 e. The number of quaternary nitrogens is 1. The summed E-state index contributed by atoms with van der Waals surface area (Å²) in [5.74, 6) is -0.207. The van der Waals surface area contributed by atoms with Gasteiger partial charge >= 0.3 is 0 Å². The van der Waals surface area contributed by atoms with Crippen molar-refractivity contribution < 1.29 is 32.9 Å². The van der Waals surface area contributed by atoms with E-state index in [-0.39, 0.29) is 12.5 Å². The summed E-state index contributed by atoms with van der Waals surface area (Å²) in [5, 5.41) is 14.0. The van der Waals surface area contributed by atoms with E-state index in [9.17, 15) is 19.4 Å². The van der Waals surface area contributed by atoms with Gasteiger partial charge in [0.25, 0.3) is 7.82 Å². The fraction of sp³-hybridized carbons (Fsp3) is 0.793. The number of hydrogen-bond donors (Lipinski definition) is 2. The molecule has 0 spiro atoms. The standard InChI is InChI=1S/C82H151N2O6P/c1-6-8-10-12-14-16-18-20-22-24-26-28-30-32-34-36-38-40-41-42-43-44-46-48-50-52-54-56-58-60-62-64-66-68-70-72-74-76-82(86)83-80(79-90-91(87,88)89-78-77-84(3,4)5)81(85)75-73-71-69-67-65-63-61-59-57-55-53-51-49-47-45-39-37-35-33-31-29-27-25-23-21-19-17-15-13-11-9-7-2/h8,10,14,16,20,22,26,28,32,34,57,59,65,67,73,75,80-81,85H,6-7,9,11-13,15,17-19,21,23-25,27,29-31,33,35-56,58,60-64,66,68-72,74,76-79H2,1-5H3,(H-,83,86,87,88)/b10-8-,16-14-,22-20-,28-26-,34-32-,59-57+,67-65+,75-73+. The van der Waals surface area contributed by atoms with E-state index < -0.39 is 26.6 Å². The van der Waals surface area contributed by atoms with E-state index in [1.54, 1.807) is 6.08 Å². The van der Waals surface area contributed by atoms with Crippen molar-refractivity contribution in [1.82, 2.24) is 5.32 Å². The Morgan fingerprint density at radius 1 is 0.396 bits per heavy atom. The Morgan fingerprint density at radius 3 is 1.02 bits per heavy atom. The fourth-order valence-corrected chi connectivity index (χ4v) is 12.2. The molecule has 8 nitrogen and oxygen atoms in total. The molecule has 0 aromatic carbocycles. The summed E-state index contributed by atoms with van der Waals surface area (Å²) >= 11 is 0. The van der Waals surface area contributed by atoms with Crippen LogP contribution in [0.25, 0.3) is 0 Å². The maximum atomic E-state index is 13.1. The minimum absolute atomic E-state index is 0.0104. The largest absolute Gasteiger partial charge is 0.756 e. The Hall–Kier alpha value is -2.58. The highest BCUT2D eigenvalue weighted by Crippen LogP contribution is 2.38. The van der Waals surface area contributed by atoms with Crippen molar-refractivity contribution in [3.8, 4) is 0 Å². The molecule has 0 saturated carbocycles. The molecule has 2 N–H and O–H groups in total. The molecule has 530 valence electrons. The predicted molar refractivity (Wildman–Crippen MR) is 399 cm³/mol. The number of hydrogen-bond acceptors (Lipinski definition) is 6. The van der Waals surface area contributed by atoms with Gasteiger partial charge in [0.2, 0.25) is 5.91 Å². The average molecular weight is 1290 g/mol. The van der Waals surface area contributed by atoms with Gasteiger partial charge in [-0.05, 0) is 89.9 Å². The number of nitrogens with one attached hydrogen (secondary N) is 1. The summed E-state index contributed by atoms with van der Waals surface area (Å²) in [7, 11) is 1.24. The van der Waals surface area contributed by atoms with Gasteiger partial charge in [0.1, 0.15) is 13.2 Å². The molecule has 91 heavy (non-hydrogen) atoms. The Labute approximate surface area is 566 Å². The van der Waals surface area contributed by atoms with Gasteiger partial charge in [-0.25, -0.2) is 0 Å². The van der Waals surface area contributed by atoms with Crippen LogP contribution in [0.2, 0.25) is 0 Å². The third-order valence-electron chi connectivity index (χ3n) is 17.5. The first kappa shape index (κ1) is 88.4. The molecule has 0 saturated heterocycles. The van der Waals surface area contributed by atoms with Crippen molar-refractivity contribution >= 4 is 13.7 Å². The molecule has 1 amide bonds. The quantitative estimate of drug-likeness (QED) is 0.0272. The number of likely N-dealkylation sites (N-methyl/N-ethyl adjacent to an activating group) is 1. The summed E-state index contributed by atoms with van der Waals surface area (Å²) in [4.78, 5) is 25.7. The highest BCUT2D eigenvalue weighted by molar-refractivity contribution is 7.45. The van der Waals surface area contributed by atoms with E-state index in [1.807, 2.05) is 27.2 Å². The van der Waals surface area contributed by atoms with Crippen molar-refractivity contribution in [3.63, 3.8) is 0 Å². The van der Waals surface area contributed by atoms with Crippen molar-refractivity contribution in [1.29, 1.82) is 0 Å². The number of carbonyl (C=O) groups is 1. The van der Waals surface area contributed by atoms with Gasteiger partial charge in [0, 0.05) is 6.42 Å². The van der Waals surface area contributed by atoms with E-state index in [1.165, 1.54) is 270 Å². The maximum absolute atomic E-state index is 13.1. The lowest BCUT2D eigenvalue weighted by atomic mass is 10.0. The summed E-state index contributed by atoms with van der Waals surface area (Å²) in [6.45, 7) is 4.55. The Balaban J connectivity index is 4.04. The molecule has 9 heteroatoms. The highest BCUT2D eigenvalue weighted by atomic mass is 31.2. The van der Waals surface area contributed by atoms with Crippen molar-refractivity contribution in [3.05, 3.63) is 97.2 Å². The van der Waals surface area contributed by atoms with E-state index in [4.69, 9.17) is 9.05 Å². The van der Waals surface area contributed by atoms with Crippen LogP contribution in [0.15, 0.2) is 97.2 Å². The zero-order valence-corrected chi connectivity index (χ0v) is 61.7. The van der Waals surface area contributed by atoms with Crippen molar-refractivity contribution in [2.24, 2.45) is 0 Å². The molecule has 0 fully saturated rings. The second-order valence-corrected chi connectivity index (χ2v) is 29.1. The third-order valence-corrected chi connectivity index (χ3v) is 18.5. The van der Waals surface area contributed by atoms with Crippen molar-refractivity contribution in [2.45, 2.75) is 379 Å². The molecule has 0 bridgehead atoms. The van der Waals surface area contributed by atoms with Gasteiger partial charge in [0.15, 0.2) is 0 Å². The SMILES string of the molecule is CC/C=C\C/C=C\C/C=C\C/C=C\C/C=C\CCCCCCCCCCCCCCCCCCCCCCCC(=O)NC(COP(=O)([O-])OCC[N+](C)(C)C)C(O)/C=C/CC/C=C/CC/C=C/CCCCCCCCCCCCCCCCCCCCCCCC.